The molecule has 4 heteroatoms. The first-order valence-corrected chi connectivity index (χ1v) is 5.04. The number of hydrogen-bond acceptors (Lipinski definition) is 3. The highest BCUT2D eigenvalue weighted by Gasteiger charge is 2.23. The molecular weight excluding hydrogens is 192 g/mol. The standard InChI is InChI=1S/C11H18N2O2/c1-8-6-7-13(12-8)9(2)10(14)15-11(3,4)5/h6-7,9H,1-5H3. The molecule has 0 saturated heterocycles. The van der Waals surface area contributed by atoms with Crippen LogP contribution in [0.1, 0.15) is 39.4 Å². The van der Waals surface area contributed by atoms with Gasteiger partial charge in [-0.25, -0.2) is 4.79 Å². The average molecular weight is 210 g/mol. The smallest absolute Gasteiger partial charge is 0.331 e. The van der Waals surface area contributed by atoms with Crippen LogP contribution in [0.2, 0.25) is 0 Å². The summed E-state index contributed by atoms with van der Waals surface area (Å²) in [5.74, 6) is -0.259. The highest BCUT2D eigenvalue weighted by Crippen LogP contribution is 2.14. The van der Waals surface area contributed by atoms with E-state index in [1.165, 1.54) is 0 Å². The molecule has 0 aliphatic heterocycles. The van der Waals surface area contributed by atoms with E-state index in [-0.39, 0.29) is 12.0 Å². The van der Waals surface area contributed by atoms with Crippen LogP contribution in [0.25, 0.3) is 0 Å². The number of aromatic nitrogens is 2. The molecule has 0 amide bonds. The molecule has 1 aromatic heterocycles. The molecule has 1 heterocycles. The molecule has 0 saturated carbocycles. The van der Waals surface area contributed by atoms with Crippen molar-refractivity contribution in [1.29, 1.82) is 0 Å². The number of rotatable bonds is 2. The molecule has 15 heavy (non-hydrogen) atoms. The normalized spacial score (nSPS) is 13.7. The summed E-state index contributed by atoms with van der Waals surface area (Å²) in [4.78, 5) is 11.7. The van der Waals surface area contributed by atoms with Gasteiger partial charge in [0.25, 0.3) is 0 Å². The first kappa shape index (κ1) is 11.8. The molecule has 0 fully saturated rings. The molecule has 84 valence electrons. The summed E-state index contributed by atoms with van der Waals surface area (Å²) >= 11 is 0. The van der Waals surface area contributed by atoms with Crippen LogP contribution in [0.15, 0.2) is 12.3 Å². The molecule has 1 atom stereocenters. The van der Waals surface area contributed by atoms with E-state index in [1.54, 1.807) is 17.8 Å². The van der Waals surface area contributed by atoms with Gasteiger partial charge in [0, 0.05) is 6.20 Å². The third-order valence-electron chi connectivity index (χ3n) is 1.89. The van der Waals surface area contributed by atoms with Crippen molar-refractivity contribution in [2.75, 3.05) is 0 Å². The van der Waals surface area contributed by atoms with Gasteiger partial charge in [-0.05, 0) is 40.7 Å². The van der Waals surface area contributed by atoms with Gasteiger partial charge in [-0.15, -0.1) is 0 Å². The van der Waals surface area contributed by atoms with E-state index in [1.807, 2.05) is 33.8 Å². The topological polar surface area (TPSA) is 44.1 Å². The Hall–Kier alpha value is -1.32. The lowest BCUT2D eigenvalue weighted by Crippen LogP contribution is -2.29. The van der Waals surface area contributed by atoms with Gasteiger partial charge < -0.3 is 4.74 Å². The zero-order chi connectivity index (χ0) is 11.6. The summed E-state index contributed by atoms with van der Waals surface area (Å²) in [6, 6.07) is 1.49. The lowest BCUT2D eigenvalue weighted by molar-refractivity contribution is -0.158. The third kappa shape index (κ3) is 3.38. The van der Waals surface area contributed by atoms with Crippen molar-refractivity contribution >= 4 is 5.97 Å². The van der Waals surface area contributed by atoms with E-state index >= 15 is 0 Å². The van der Waals surface area contributed by atoms with Crippen LogP contribution < -0.4 is 0 Å². The fourth-order valence-corrected chi connectivity index (χ4v) is 1.14. The lowest BCUT2D eigenvalue weighted by Gasteiger charge is -2.22. The van der Waals surface area contributed by atoms with E-state index in [4.69, 9.17) is 4.74 Å². The SMILES string of the molecule is Cc1ccn(C(C)C(=O)OC(C)(C)C)n1. The Morgan fingerprint density at radius 2 is 2.13 bits per heavy atom. The molecule has 0 aliphatic carbocycles. The van der Waals surface area contributed by atoms with Crippen molar-refractivity contribution in [3.05, 3.63) is 18.0 Å². The van der Waals surface area contributed by atoms with Crippen LogP contribution in [0.3, 0.4) is 0 Å². The zero-order valence-corrected chi connectivity index (χ0v) is 9.94. The zero-order valence-electron chi connectivity index (χ0n) is 9.94. The predicted octanol–water partition coefficient (Wildman–Crippen LogP) is 2.09. The second-order valence-corrected chi connectivity index (χ2v) is 4.65. The van der Waals surface area contributed by atoms with Gasteiger partial charge in [0.05, 0.1) is 5.69 Å². The highest BCUT2D eigenvalue weighted by molar-refractivity contribution is 5.74. The summed E-state index contributed by atoms with van der Waals surface area (Å²) in [5.41, 5.74) is 0.443. The Labute approximate surface area is 90.2 Å². The fourth-order valence-electron chi connectivity index (χ4n) is 1.14. The van der Waals surface area contributed by atoms with Gasteiger partial charge in [-0.1, -0.05) is 0 Å². The van der Waals surface area contributed by atoms with Crippen molar-refractivity contribution in [2.24, 2.45) is 0 Å². The molecule has 0 bridgehead atoms. The molecule has 4 nitrogen and oxygen atoms in total. The second-order valence-electron chi connectivity index (χ2n) is 4.65. The van der Waals surface area contributed by atoms with Crippen molar-refractivity contribution < 1.29 is 9.53 Å². The molecule has 0 aromatic carbocycles. The van der Waals surface area contributed by atoms with Crippen LogP contribution in [-0.4, -0.2) is 21.4 Å². The van der Waals surface area contributed by atoms with Crippen molar-refractivity contribution in [1.82, 2.24) is 9.78 Å². The lowest BCUT2D eigenvalue weighted by atomic mass is 10.2. The van der Waals surface area contributed by atoms with Crippen LogP contribution in [-0.2, 0) is 9.53 Å². The number of carbonyl (C=O) groups excluding carboxylic acids is 1. The van der Waals surface area contributed by atoms with Gasteiger partial charge >= 0.3 is 5.97 Å². The monoisotopic (exact) mass is 210 g/mol. The van der Waals surface area contributed by atoms with Gasteiger partial charge in [0.15, 0.2) is 0 Å². The minimum Gasteiger partial charge on any atom is -0.458 e. The van der Waals surface area contributed by atoms with E-state index in [0.717, 1.165) is 5.69 Å². The van der Waals surface area contributed by atoms with Gasteiger partial charge in [0.2, 0.25) is 0 Å². The minimum atomic E-state index is -0.451. The first-order valence-electron chi connectivity index (χ1n) is 5.04. The molecule has 0 aliphatic rings. The van der Waals surface area contributed by atoms with Crippen LogP contribution in [0.4, 0.5) is 0 Å². The maximum atomic E-state index is 11.7. The number of aryl methyl sites for hydroxylation is 1. The maximum Gasteiger partial charge on any atom is 0.331 e. The maximum absolute atomic E-state index is 11.7. The van der Waals surface area contributed by atoms with Gasteiger partial charge in [-0.3, -0.25) is 4.68 Å². The van der Waals surface area contributed by atoms with Crippen molar-refractivity contribution in [3.63, 3.8) is 0 Å². The van der Waals surface area contributed by atoms with E-state index < -0.39 is 5.60 Å². The summed E-state index contributed by atoms with van der Waals surface area (Å²) in [5, 5.41) is 4.18. The Balaban J connectivity index is 2.69. The summed E-state index contributed by atoms with van der Waals surface area (Å²) in [6.07, 6.45) is 1.78. The van der Waals surface area contributed by atoms with Crippen molar-refractivity contribution in [3.8, 4) is 0 Å². The van der Waals surface area contributed by atoms with Gasteiger partial charge in [-0.2, -0.15) is 5.10 Å². The molecule has 1 rings (SSSR count). The molecular formula is C11H18N2O2. The van der Waals surface area contributed by atoms with E-state index in [9.17, 15) is 4.79 Å². The van der Waals surface area contributed by atoms with Crippen molar-refractivity contribution in [2.45, 2.75) is 46.3 Å². The number of hydrogen-bond donors (Lipinski definition) is 0. The average Bonchev–Trinajstić information content (AvgIpc) is 2.47. The Morgan fingerprint density at radius 3 is 2.53 bits per heavy atom. The Bertz CT molecular complexity index is 350. The number of nitrogens with zero attached hydrogens (tertiary/aromatic N) is 2. The quantitative estimate of drug-likeness (QED) is 0.702. The summed E-state index contributed by atoms with van der Waals surface area (Å²) in [6.45, 7) is 9.22. The van der Waals surface area contributed by atoms with Crippen LogP contribution in [0, 0.1) is 6.92 Å². The highest BCUT2D eigenvalue weighted by atomic mass is 16.6. The molecule has 0 radical (unpaired) electrons. The largest absolute Gasteiger partial charge is 0.458 e. The summed E-state index contributed by atoms with van der Waals surface area (Å²) in [7, 11) is 0. The number of esters is 1. The Kier molecular flexibility index (Phi) is 3.17. The Morgan fingerprint density at radius 1 is 1.53 bits per heavy atom. The molecule has 1 unspecified atom stereocenters. The van der Waals surface area contributed by atoms with Crippen LogP contribution >= 0.6 is 0 Å². The van der Waals surface area contributed by atoms with E-state index in [0.29, 0.717) is 0 Å². The summed E-state index contributed by atoms with van der Waals surface area (Å²) < 4.78 is 6.88. The molecule has 1 aromatic rings. The van der Waals surface area contributed by atoms with Gasteiger partial charge in [0.1, 0.15) is 11.6 Å². The second kappa shape index (κ2) is 4.04. The minimum absolute atomic E-state index is 0.259. The fraction of sp³-hybridized carbons (Fsp3) is 0.636. The molecule has 0 spiro atoms. The third-order valence-corrected chi connectivity index (χ3v) is 1.89. The first-order chi connectivity index (χ1) is 6.79. The predicted molar refractivity (Wildman–Crippen MR) is 57.5 cm³/mol. The molecule has 0 N–H and O–H groups in total. The van der Waals surface area contributed by atoms with Crippen LogP contribution in [0.5, 0.6) is 0 Å². The number of carbonyl (C=O) groups is 1. The van der Waals surface area contributed by atoms with E-state index in [2.05, 4.69) is 5.10 Å². The number of ether oxygens (including phenoxy) is 1.